The van der Waals surface area contributed by atoms with Crippen molar-refractivity contribution in [3.05, 3.63) is 33.9 Å². The smallest absolute Gasteiger partial charge is 0.480 e. The number of nitrogens with two attached hydrogens (primary N) is 1. The van der Waals surface area contributed by atoms with E-state index in [1.807, 2.05) is 0 Å². The third kappa shape index (κ3) is 4.53. The van der Waals surface area contributed by atoms with E-state index in [4.69, 9.17) is 10.8 Å². The normalized spacial score (nSPS) is 13.4. The van der Waals surface area contributed by atoms with Crippen LogP contribution in [0.15, 0.2) is 18.2 Å². The van der Waals surface area contributed by atoms with Crippen molar-refractivity contribution in [2.45, 2.75) is 18.0 Å². The lowest BCUT2D eigenvalue weighted by Gasteiger charge is -2.11. The van der Waals surface area contributed by atoms with Gasteiger partial charge in [0.2, 0.25) is 5.75 Å². The van der Waals surface area contributed by atoms with Gasteiger partial charge in [-0.05, 0) is 18.1 Å². The second-order valence-corrected chi connectivity index (χ2v) is 5.73. The molecule has 23 heavy (non-hydrogen) atoms. The van der Waals surface area contributed by atoms with E-state index >= 15 is 0 Å². The molecule has 1 atom stereocenters. The monoisotopic (exact) mass is 358 g/mol. The number of halogens is 3. The van der Waals surface area contributed by atoms with E-state index in [0.29, 0.717) is 12.1 Å². The van der Waals surface area contributed by atoms with Crippen LogP contribution in [0.1, 0.15) is 5.56 Å². The Kier molecular flexibility index (Phi) is 5.17. The Bertz CT molecular complexity index is 732. The predicted octanol–water partition coefficient (Wildman–Crippen LogP) is 0.778. The minimum Gasteiger partial charge on any atom is -0.480 e. The summed E-state index contributed by atoms with van der Waals surface area (Å²) in [6.45, 7) is 0. The quantitative estimate of drug-likeness (QED) is 0.328. The number of carbonyl (C=O) groups is 1. The van der Waals surface area contributed by atoms with Crippen molar-refractivity contribution in [1.29, 1.82) is 0 Å². The highest BCUT2D eigenvalue weighted by Crippen LogP contribution is 2.33. The molecule has 0 saturated carbocycles. The average molecular weight is 358 g/mol. The topological polar surface area (TPSA) is 150 Å². The number of nitro benzene ring substituents is 1. The molecule has 1 rings (SSSR count). The standard InChI is InChI=1S/C10H9F3N2O7S/c11-10(12,13)23(20,21)22-8-4-5(3-6(14)9(16)17)1-2-7(8)15(18)19/h1-2,4,6H,3,14H2,(H,16,17). The van der Waals surface area contributed by atoms with Crippen molar-refractivity contribution in [2.75, 3.05) is 0 Å². The number of rotatable bonds is 6. The molecule has 0 spiro atoms. The molecule has 9 nitrogen and oxygen atoms in total. The fraction of sp³-hybridized carbons (Fsp3) is 0.300. The first-order valence-corrected chi connectivity index (χ1v) is 7.02. The van der Waals surface area contributed by atoms with Crippen molar-refractivity contribution < 1.29 is 40.6 Å². The lowest BCUT2D eigenvalue weighted by Crippen LogP contribution is -2.32. The van der Waals surface area contributed by atoms with Gasteiger partial charge in [0, 0.05) is 6.07 Å². The first-order valence-electron chi connectivity index (χ1n) is 5.61. The van der Waals surface area contributed by atoms with Gasteiger partial charge >= 0.3 is 27.3 Å². The number of benzene rings is 1. The molecule has 0 fully saturated rings. The molecule has 0 aliphatic carbocycles. The number of hydrogen-bond acceptors (Lipinski definition) is 7. The van der Waals surface area contributed by atoms with Crippen molar-refractivity contribution >= 4 is 21.8 Å². The Morgan fingerprint density at radius 3 is 2.43 bits per heavy atom. The predicted molar refractivity (Wildman–Crippen MR) is 68.0 cm³/mol. The Morgan fingerprint density at radius 2 is 2.00 bits per heavy atom. The lowest BCUT2D eigenvalue weighted by atomic mass is 10.1. The molecular weight excluding hydrogens is 349 g/mol. The fourth-order valence-electron chi connectivity index (χ4n) is 1.41. The van der Waals surface area contributed by atoms with Gasteiger partial charge in [-0.3, -0.25) is 14.9 Å². The van der Waals surface area contributed by atoms with Crippen molar-refractivity contribution in [3.8, 4) is 5.75 Å². The highest BCUT2D eigenvalue weighted by molar-refractivity contribution is 7.88. The Balaban J connectivity index is 3.27. The molecule has 0 aromatic heterocycles. The summed E-state index contributed by atoms with van der Waals surface area (Å²) in [5.74, 6) is -2.61. The van der Waals surface area contributed by atoms with E-state index in [2.05, 4.69) is 4.18 Å². The summed E-state index contributed by atoms with van der Waals surface area (Å²) in [6.07, 6.45) is -0.407. The molecule has 128 valence electrons. The molecule has 0 amide bonds. The van der Waals surface area contributed by atoms with Gasteiger partial charge in [0.25, 0.3) is 0 Å². The maximum Gasteiger partial charge on any atom is 0.534 e. The molecule has 0 aliphatic rings. The highest BCUT2D eigenvalue weighted by Gasteiger charge is 2.49. The average Bonchev–Trinajstić information content (AvgIpc) is 2.36. The zero-order valence-electron chi connectivity index (χ0n) is 11.0. The summed E-state index contributed by atoms with van der Waals surface area (Å²) >= 11 is 0. The fourth-order valence-corrected chi connectivity index (χ4v) is 1.87. The second-order valence-electron chi connectivity index (χ2n) is 4.19. The van der Waals surface area contributed by atoms with E-state index in [-0.39, 0.29) is 5.56 Å². The molecule has 0 heterocycles. The summed E-state index contributed by atoms with van der Waals surface area (Å²) in [5.41, 5.74) is -1.66. The molecule has 0 bridgehead atoms. The maximum atomic E-state index is 12.3. The van der Waals surface area contributed by atoms with Gasteiger partial charge in [0.15, 0.2) is 0 Å². The minimum atomic E-state index is -6.12. The van der Waals surface area contributed by atoms with E-state index in [1.54, 1.807) is 0 Å². The van der Waals surface area contributed by atoms with E-state index in [1.165, 1.54) is 0 Å². The highest BCUT2D eigenvalue weighted by atomic mass is 32.2. The van der Waals surface area contributed by atoms with Gasteiger partial charge < -0.3 is 15.0 Å². The van der Waals surface area contributed by atoms with Crippen LogP contribution in [0.4, 0.5) is 18.9 Å². The van der Waals surface area contributed by atoms with Crippen LogP contribution in [-0.2, 0) is 21.3 Å². The third-order valence-electron chi connectivity index (χ3n) is 2.48. The van der Waals surface area contributed by atoms with Gasteiger partial charge in [0.05, 0.1) is 4.92 Å². The summed E-state index contributed by atoms with van der Waals surface area (Å²) in [6, 6.07) is 0.882. The van der Waals surface area contributed by atoms with E-state index in [9.17, 15) is 36.5 Å². The first kappa shape index (κ1) is 18.6. The summed E-state index contributed by atoms with van der Waals surface area (Å²) < 4.78 is 62.5. The zero-order chi connectivity index (χ0) is 18.0. The molecule has 0 radical (unpaired) electrons. The van der Waals surface area contributed by atoms with Crippen LogP contribution in [0.3, 0.4) is 0 Å². The second kappa shape index (κ2) is 6.37. The zero-order valence-corrected chi connectivity index (χ0v) is 11.8. The molecule has 1 unspecified atom stereocenters. The Morgan fingerprint density at radius 1 is 1.43 bits per heavy atom. The number of aliphatic carboxylic acids is 1. The van der Waals surface area contributed by atoms with Gasteiger partial charge in [-0.25, -0.2) is 0 Å². The minimum absolute atomic E-state index is 0.0575. The van der Waals surface area contributed by atoms with Crippen LogP contribution in [0, 0.1) is 10.1 Å². The number of nitro groups is 1. The Labute approximate surface area is 126 Å². The van der Waals surface area contributed by atoms with E-state index in [0.717, 1.165) is 6.07 Å². The van der Waals surface area contributed by atoms with Crippen molar-refractivity contribution in [1.82, 2.24) is 0 Å². The van der Waals surface area contributed by atoms with Gasteiger partial charge in [-0.1, -0.05) is 6.07 Å². The number of carboxylic acid groups (broad SMARTS) is 1. The molecule has 0 aliphatic heterocycles. The largest absolute Gasteiger partial charge is 0.534 e. The summed E-state index contributed by atoms with van der Waals surface area (Å²) in [4.78, 5) is 20.2. The van der Waals surface area contributed by atoms with Gasteiger partial charge in [-0.2, -0.15) is 21.6 Å². The summed E-state index contributed by atoms with van der Waals surface area (Å²) in [7, 11) is -6.12. The number of alkyl halides is 3. The number of hydrogen-bond donors (Lipinski definition) is 2. The molecule has 13 heteroatoms. The van der Waals surface area contributed by atoms with Crippen LogP contribution in [0.2, 0.25) is 0 Å². The molecular formula is C10H9F3N2O7S. The Hall–Kier alpha value is -2.41. The summed E-state index contributed by atoms with van der Waals surface area (Å²) in [5, 5.41) is 19.4. The van der Waals surface area contributed by atoms with Crippen LogP contribution in [-0.4, -0.2) is 36.0 Å². The lowest BCUT2D eigenvalue weighted by molar-refractivity contribution is -0.385. The first-order chi connectivity index (χ1) is 10.3. The van der Waals surface area contributed by atoms with Crippen LogP contribution >= 0.6 is 0 Å². The van der Waals surface area contributed by atoms with Gasteiger partial charge in [-0.15, -0.1) is 0 Å². The van der Waals surface area contributed by atoms with Crippen molar-refractivity contribution in [3.63, 3.8) is 0 Å². The third-order valence-corrected chi connectivity index (χ3v) is 3.44. The molecule has 1 aromatic rings. The molecule has 3 N–H and O–H groups in total. The van der Waals surface area contributed by atoms with Crippen LogP contribution < -0.4 is 9.92 Å². The molecule has 0 saturated heterocycles. The van der Waals surface area contributed by atoms with Crippen LogP contribution in [0.5, 0.6) is 5.75 Å². The van der Waals surface area contributed by atoms with Crippen LogP contribution in [0.25, 0.3) is 0 Å². The van der Waals surface area contributed by atoms with E-state index < -0.39 is 50.4 Å². The maximum absolute atomic E-state index is 12.3. The molecule has 1 aromatic carbocycles. The van der Waals surface area contributed by atoms with Crippen molar-refractivity contribution in [2.24, 2.45) is 5.73 Å². The number of carboxylic acids is 1. The SMILES string of the molecule is NC(Cc1ccc([N+](=O)[O-])c(OS(=O)(=O)C(F)(F)F)c1)C(=O)O. The number of nitrogens with zero attached hydrogens (tertiary/aromatic N) is 1. The van der Waals surface area contributed by atoms with Gasteiger partial charge in [0.1, 0.15) is 6.04 Å².